The van der Waals surface area contributed by atoms with Crippen LogP contribution >= 0.6 is 0 Å². The summed E-state index contributed by atoms with van der Waals surface area (Å²) >= 11 is 0. The molecule has 0 fully saturated rings. The van der Waals surface area contributed by atoms with Gasteiger partial charge in [0.25, 0.3) is 0 Å². The molecule has 1 heteroatoms. The molecule has 1 aromatic carbocycles. The van der Waals surface area contributed by atoms with E-state index in [-0.39, 0.29) is 5.41 Å². The molecule has 0 saturated heterocycles. The Hall–Kier alpha value is -0.820. The summed E-state index contributed by atoms with van der Waals surface area (Å²) in [6.07, 6.45) is 1.17. The number of hydrogen-bond acceptors (Lipinski definition) is 1. The minimum absolute atomic E-state index is 0.272. The van der Waals surface area contributed by atoms with Crippen LogP contribution in [0.3, 0.4) is 0 Å². The van der Waals surface area contributed by atoms with E-state index in [4.69, 9.17) is 0 Å². The first-order valence-corrected chi connectivity index (χ1v) is 5.28. The van der Waals surface area contributed by atoms with Crippen LogP contribution in [-0.2, 0) is 5.41 Å². The summed E-state index contributed by atoms with van der Waals surface area (Å²) in [4.78, 5) is 0. The van der Waals surface area contributed by atoms with Gasteiger partial charge in [0.05, 0.1) is 0 Å². The summed E-state index contributed by atoms with van der Waals surface area (Å²) in [5.41, 5.74) is 3.14. The monoisotopic (exact) mass is 191 g/mol. The van der Waals surface area contributed by atoms with Crippen molar-refractivity contribution in [2.45, 2.75) is 32.6 Å². The van der Waals surface area contributed by atoms with Crippen LogP contribution in [0.4, 0.5) is 0 Å². The highest BCUT2D eigenvalue weighted by Gasteiger charge is 2.20. The average molecular weight is 191 g/mol. The van der Waals surface area contributed by atoms with E-state index in [2.05, 4.69) is 50.4 Å². The van der Waals surface area contributed by atoms with Crippen LogP contribution in [0.25, 0.3) is 0 Å². The molecule has 0 radical (unpaired) electrons. The quantitative estimate of drug-likeness (QED) is 0.771. The predicted octanol–water partition coefficient (Wildman–Crippen LogP) is 2.88. The molecule has 0 unspecified atom stereocenters. The van der Waals surface area contributed by atoms with Crippen molar-refractivity contribution >= 4 is 0 Å². The zero-order valence-electron chi connectivity index (χ0n) is 9.72. The second kappa shape index (κ2) is 4.61. The lowest BCUT2D eigenvalue weighted by Crippen LogP contribution is -2.24. The van der Waals surface area contributed by atoms with Gasteiger partial charge >= 0.3 is 0 Å². The first-order chi connectivity index (χ1) is 6.58. The second-order valence-corrected chi connectivity index (χ2v) is 4.55. The average Bonchev–Trinajstić information content (AvgIpc) is 2.15. The van der Waals surface area contributed by atoms with Gasteiger partial charge in [-0.2, -0.15) is 0 Å². The SMILES string of the molecule is CNCCC(C)(C)c1ccccc1C. The first kappa shape index (κ1) is 11.3. The molecule has 0 amide bonds. The van der Waals surface area contributed by atoms with Gasteiger partial charge in [-0.25, -0.2) is 0 Å². The summed E-state index contributed by atoms with van der Waals surface area (Å²) in [7, 11) is 2.01. The van der Waals surface area contributed by atoms with Crippen molar-refractivity contribution in [2.75, 3.05) is 13.6 Å². The Morgan fingerprint density at radius 2 is 1.86 bits per heavy atom. The van der Waals surface area contributed by atoms with Gasteiger partial charge in [0.15, 0.2) is 0 Å². The van der Waals surface area contributed by atoms with Gasteiger partial charge in [-0.15, -0.1) is 0 Å². The van der Waals surface area contributed by atoms with Gasteiger partial charge in [0, 0.05) is 0 Å². The molecule has 0 spiro atoms. The van der Waals surface area contributed by atoms with E-state index < -0.39 is 0 Å². The van der Waals surface area contributed by atoms with Crippen molar-refractivity contribution in [1.82, 2.24) is 5.32 Å². The lowest BCUT2D eigenvalue weighted by atomic mass is 9.79. The summed E-state index contributed by atoms with van der Waals surface area (Å²) in [6, 6.07) is 8.66. The maximum atomic E-state index is 3.21. The Kier molecular flexibility index (Phi) is 3.70. The van der Waals surface area contributed by atoms with Gasteiger partial charge in [-0.1, -0.05) is 38.1 Å². The molecule has 0 aromatic heterocycles. The summed E-state index contributed by atoms with van der Waals surface area (Å²) < 4.78 is 0. The molecular weight excluding hydrogens is 170 g/mol. The van der Waals surface area contributed by atoms with Crippen LogP contribution in [-0.4, -0.2) is 13.6 Å². The lowest BCUT2D eigenvalue weighted by molar-refractivity contribution is 0.466. The van der Waals surface area contributed by atoms with Gasteiger partial charge in [0.2, 0.25) is 0 Å². The standard InChI is InChI=1S/C13H21N/c1-11-7-5-6-8-12(11)13(2,3)9-10-14-4/h5-8,14H,9-10H2,1-4H3. The van der Waals surface area contributed by atoms with Crippen molar-refractivity contribution < 1.29 is 0 Å². The molecule has 1 rings (SSSR count). The van der Waals surface area contributed by atoms with E-state index in [1.165, 1.54) is 17.5 Å². The van der Waals surface area contributed by atoms with E-state index in [1.807, 2.05) is 7.05 Å². The van der Waals surface area contributed by atoms with Gasteiger partial charge in [0.1, 0.15) is 0 Å². The van der Waals surface area contributed by atoms with Crippen LogP contribution in [0.15, 0.2) is 24.3 Å². The third-order valence-corrected chi connectivity index (χ3v) is 2.87. The highest BCUT2D eigenvalue weighted by atomic mass is 14.8. The fourth-order valence-corrected chi connectivity index (χ4v) is 1.90. The number of aryl methyl sites for hydroxylation is 1. The predicted molar refractivity (Wildman–Crippen MR) is 62.7 cm³/mol. The van der Waals surface area contributed by atoms with E-state index in [0.29, 0.717) is 0 Å². The molecule has 0 aliphatic carbocycles. The van der Waals surface area contributed by atoms with E-state index in [0.717, 1.165) is 6.54 Å². The molecule has 78 valence electrons. The molecule has 14 heavy (non-hydrogen) atoms. The molecule has 0 atom stereocenters. The van der Waals surface area contributed by atoms with Crippen molar-refractivity contribution in [1.29, 1.82) is 0 Å². The van der Waals surface area contributed by atoms with E-state index in [1.54, 1.807) is 0 Å². The second-order valence-electron chi connectivity index (χ2n) is 4.55. The first-order valence-electron chi connectivity index (χ1n) is 5.28. The Morgan fingerprint density at radius 3 is 2.43 bits per heavy atom. The van der Waals surface area contributed by atoms with Crippen LogP contribution in [0.2, 0.25) is 0 Å². The van der Waals surface area contributed by atoms with Crippen molar-refractivity contribution in [3.05, 3.63) is 35.4 Å². The molecule has 0 aliphatic heterocycles. The Bertz CT molecular complexity index is 289. The maximum Gasteiger partial charge on any atom is -0.00436 e. The van der Waals surface area contributed by atoms with E-state index >= 15 is 0 Å². The van der Waals surface area contributed by atoms with Crippen molar-refractivity contribution in [2.24, 2.45) is 0 Å². The molecule has 1 aromatic rings. The third kappa shape index (κ3) is 2.58. The molecule has 0 bridgehead atoms. The fourth-order valence-electron chi connectivity index (χ4n) is 1.90. The minimum atomic E-state index is 0.272. The zero-order valence-corrected chi connectivity index (χ0v) is 9.72. The number of benzene rings is 1. The zero-order chi connectivity index (χ0) is 10.6. The number of hydrogen-bond donors (Lipinski definition) is 1. The minimum Gasteiger partial charge on any atom is -0.320 e. The molecule has 1 nitrogen and oxygen atoms in total. The number of nitrogens with one attached hydrogen (secondary N) is 1. The summed E-state index contributed by atoms with van der Waals surface area (Å²) in [6.45, 7) is 7.89. The van der Waals surface area contributed by atoms with Crippen molar-refractivity contribution in [3.63, 3.8) is 0 Å². The molecule has 0 saturated carbocycles. The van der Waals surface area contributed by atoms with Crippen LogP contribution < -0.4 is 5.32 Å². The molecule has 1 N–H and O–H groups in total. The lowest BCUT2D eigenvalue weighted by Gasteiger charge is -2.27. The Labute approximate surface area is 87.5 Å². The van der Waals surface area contributed by atoms with Gasteiger partial charge in [-0.05, 0) is 43.5 Å². The normalized spacial score (nSPS) is 11.7. The summed E-state index contributed by atoms with van der Waals surface area (Å²) in [5.74, 6) is 0. The van der Waals surface area contributed by atoms with Crippen molar-refractivity contribution in [3.8, 4) is 0 Å². The highest BCUT2D eigenvalue weighted by Crippen LogP contribution is 2.28. The maximum absolute atomic E-state index is 3.21. The Morgan fingerprint density at radius 1 is 1.21 bits per heavy atom. The smallest absolute Gasteiger partial charge is 0.00436 e. The number of rotatable bonds is 4. The Balaban J connectivity index is 2.86. The topological polar surface area (TPSA) is 12.0 Å². The fraction of sp³-hybridized carbons (Fsp3) is 0.538. The van der Waals surface area contributed by atoms with Crippen LogP contribution in [0.5, 0.6) is 0 Å². The van der Waals surface area contributed by atoms with Gasteiger partial charge in [-0.3, -0.25) is 0 Å². The molecule has 0 aliphatic rings. The largest absolute Gasteiger partial charge is 0.320 e. The molecule has 0 heterocycles. The molecular formula is C13H21N. The third-order valence-electron chi connectivity index (χ3n) is 2.87. The van der Waals surface area contributed by atoms with Crippen LogP contribution in [0.1, 0.15) is 31.4 Å². The van der Waals surface area contributed by atoms with E-state index in [9.17, 15) is 0 Å². The highest BCUT2D eigenvalue weighted by molar-refractivity contribution is 5.32. The summed E-state index contributed by atoms with van der Waals surface area (Å²) in [5, 5.41) is 3.21. The van der Waals surface area contributed by atoms with Gasteiger partial charge < -0.3 is 5.32 Å². The van der Waals surface area contributed by atoms with Crippen LogP contribution in [0, 0.1) is 6.92 Å².